The number of nitrogens with one attached hydrogen (secondary N) is 2. The van der Waals surface area contributed by atoms with Gasteiger partial charge in [-0.3, -0.25) is 15.1 Å². The molecule has 4 nitrogen and oxygen atoms in total. The molecule has 0 saturated heterocycles. The minimum atomic E-state index is -4.47. The van der Waals surface area contributed by atoms with E-state index in [0.717, 1.165) is 17.2 Å². The SMILES string of the molecule is O=C1Nc2ccccc2C(c2ccccc2)=NC1NCc1ccccc1C(F)(F)F. The molecule has 3 aromatic carbocycles. The Morgan fingerprint density at radius 2 is 1.57 bits per heavy atom. The molecule has 3 aromatic rings. The Kier molecular flexibility index (Phi) is 5.37. The van der Waals surface area contributed by atoms with Gasteiger partial charge in [-0.2, -0.15) is 13.2 Å². The smallest absolute Gasteiger partial charge is 0.322 e. The molecule has 7 heteroatoms. The van der Waals surface area contributed by atoms with E-state index in [2.05, 4.69) is 15.6 Å². The summed E-state index contributed by atoms with van der Waals surface area (Å²) in [5.74, 6) is -0.433. The van der Waals surface area contributed by atoms with Crippen molar-refractivity contribution in [3.05, 3.63) is 101 Å². The standard InChI is InChI=1S/C23H18F3N3O/c24-23(25,26)18-12-6-4-10-16(18)14-27-21-22(30)28-19-13-7-5-11-17(19)20(29-21)15-8-2-1-3-9-15/h1-13,21,27H,14H2,(H,28,30). The minimum Gasteiger partial charge on any atom is -0.322 e. The number of carbonyl (C=O) groups excluding carboxylic acids is 1. The van der Waals surface area contributed by atoms with Crippen LogP contribution in [0.5, 0.6) is 0 Å². The lowest BCUT2D eigenvalue weighted by Crippen LogP contribution is -2.38. The second kappa shape index (κ2) is 8.12. The number of hydrogen-bond acceptors (Lipinski definition) is 3. The number of benzene rings is 3. The van der Waals surface area contributed by atoms with Crippen molar-refractivity contribution in [3.8, 4) is 0 Å². The second-order valence-corrected chi connectivity index (χ2v) is 6.82. The van der Waals surface area contributed by atoms with Crippen LogP contribution in [0.15, 0.2) is 83.9 Å². The molecule has 0 bridgehead atoms. The monoisotopic (exact) mass is 409 g/mol. The lowest BCUT2D eigenvalue weighted by atomic mass is 10.0. The summed E-state index contributed by atoms with van der Waals surface area (Å²) in [5.41, 5.74) is 2.07. The van der Waals surface area contributed by atoms with E-state index in [9.17, 15) is 18.0 Å². The van der Waals surface area contributed by atoms with E-state index in [1.165, 1.54) is 18.2 Å². The van der Waals surface area contributed by atoms with Gasteiger partial charge in [-0.25, -0.2) is 0 Å². The van der Waals surface area contributed by atoms with Gasteiger partial charge in [0.25, 0.3) is 5.91 Å². The molecule has 1 aliphatic heterocycles. The van der Waals surface area contributed by atoms with Gasteiger partial charge >= 0.3 is 6.18 Å². The Balaban J connectivity index is 1.69. The van der Waals surface area contributed by atoms with E-state index < -0.39 is 23.8 Å². The van der Waals surface area contributed by atoms with Gasteiger partial charge in [-0.15, -0.1) is 0 Å². The van der Waals surface area contributed by atoms with Crippen LogP contribution in [0.1, 0.15) is 22.3 Å². The van der Waals surface area contributed by atoms with E-state index in [-0.39, 0.29) is 12.1 Å². The van der Waals surface area contributed by atoms with E-state index in [1.54, 1.807) is 12.1 Å². The van der Waals surface area contributed by atoms with E-state index in [1.807, 2.05) is 42.5 Å². The number of benzodiazepines with no additional fused rings is 1. The maximum absolute atomic E-state index is 13.3. The maximum atomic E-state index is 13.3. The summed E-state index contributed by atoms with van der Waals surface area (Å²) < 4.78 is 39.9. The molecular formula is C23H18F3N3O. The van der Waals surface area contributed by atoms with Crippen molar-refractivity contribution in [1.82, 2.24) is 5.32 Å². The molecule has 1 aliphatic rings. The summed E-state index contributed by atoms with van der Waals surface area (Å²) in [4.78, 5) is 17.3. The Morgan fingerprint density at radius 3 is 2.33 bits per heavy atom. The van der Waals surface area contributed by atoms with Crippen LogP contribution >= 0.6 is 0 Å². The number of hydrogen-bond donors (Lipinski definition) is 2. The molecule has 152 valence electrons. The van der Waals surface area contributed by atoms with Crippen LogP contribution in [-0.4, -0.2) is 17.8 Å². The topological polar surface area (TPSA) is 53.5 Å². The van der Waals surface area contributed by atoms with Gasteiger partial charge < -0.3 is 5.32 Å². The molecule has 4 rings (SSSR count). The number of fused-ring (bicyclic) bond motifs is 1. The first-order chi connectivity index (χ1) is 14.4. The Bertz CT molecular complexity index is 1090. The average Bonchev–Trinajstić information content (AvgIpc) is 2.88. The number of rotatable bonds is 4. The highest BCUT2D eigenvalue weighted by Gasteiger charge is 2.33. The fourth-order valence-corrected chi connectivity index (χ4v) is 3.38. The quantitative estimate of drug-likeness (QED) is 0.661. The van der Waals surface area contributed by atoms with Crippen molar-refractivity contribution < 1.29 is 18.0 Å². The van der Waals surface area contributed by atoms with Gasteiger partial charge in [-0.05, 0) is 17.7 Å². The zero-order chi connectivity index (χ0) is 21.1. The normalized spacial score (nSPS) is 16.3. The molecule has 0 spiro atoms. The minimum absolute atomic E-state index is 0.0519. The van der Waals surface area contributed by atoms with Crippen LogP contribution in [0.3, 0.4) is 0 Å². The number of halogens is 3. The summed E-state index contributed by atoms with van der Waals surface area (Å²) in [6.45, 7) is -0.157. The average molecular weight is 409 g/mol. The van der Waals surface area contributed by atoms with Gasteiger partial charge in [0.2, 0.25) is 0 Å². The number of carbonyl (C=O) groups is 1. The molecule has 1 heterocycles. The first kappa shape index (κ1) is 19.8. The van der Waals surface area contributed by atoms with E-state index >= 15 is 0 Å². The van der Waals surface area contributed by atoms with Gasteiger partial charge in [0.15, 0.2) is 6.17 Å². The number of aliphatic imine (C=N–C) groups is 1. The third-order valence-corrected chi connectivity index (χ3v) is 4.80. The van der Waals surface area contributed by atoms with Crippen LogP contribution in [0.2, 0.25) is 0 Å². The molecule has 0 radical (unpaired) electrons. The molecule has 0 fully saturated rings. The number of para-hydroxylation sites is 1. The molecular weight excluding hydrogens is 391 g/mol. The number of alkyl halides is 3. The van der Waals surface area contributed by atoms with Crippen LogP contribution in [-0.2, 0) is 17.5 Å². The zero-order valence-corrected chi connectivity index (χ0v) is 15.8. The van der Waals surface area contributed by atoms with Crippen molar-refractivity contribution in [2.24, 2.45) is 4.99 Å². The fraction of sp³-hybridized carbons (Fsp3) is 0.130. The summed E-state index contributed by atoms with van der Waals surface area (Å²) in [6.07, 6.45) is -5.52. The van der Waals surface area contributed by atoms with Gasteiger partial charge in [0.1, 0.15) is 0 Å². The molecule has 0 aromatic heterocycles. The third kappa shape index (κ3) is 4.11. The molecule has 1 amide bonds. The summed E-state index contributed by atoms with van der Waals surface area (Å²) in [6, 6.07) is 21.9. The van der Waals surface area contributed by atoms with Crippen LogP contribution < -0.4 is 10.6 Å². The predicted molar refractivity (Wildman–Crippen MR) is 109 cm³/mol. The lowest BCUT2D eigenvalue weighted by Gasteiger charge is -2.16. The Labute approximate surface area is 171 Å². The summed E-state index contributed by atoms with van der Waals surface area (Å²) in [5, 5.41) is 5.69. The number of nitrogens with zero attached hydrogens (tertiary/aromatic N) is 1. The van der Waals surface area contributed by atoms with Gasteiger partial charge in [-0.1, -0.05) is 66.7 Å². The van der Waals surface area contributed by atoms with Crippen LogP contribution in [0.4, 0.5) is 18.9 Å². The summed E-state index contributed by atoms with van der Waals surface area (Å²) >= 11 is 0. The number of amides is 1. The zero-order valence-electron chi connectivity index (χ0n) is 15.8. The highest BCUT2D eigenvalue weighted by molar-refractivity contribution is 6.19. The van der Waals surface area contributed by atoms with Crippen molar-refractivity contribution in [2.75, 3.05) is 5.32 Å². The second-order valence-electron chi connectivity index (χ2n) is 6.82. The van der Waals surface area contributed by atoms with Crippen LogP contribution in [0, 0.1) is 0 Å². The predicted octanol–water partition coefficient (Wildman–Crippen LogP) is 4.61. The lowest BCUT2D eigenvalue weighted by molar-refractivity contribution is -0.138. The van der Waals surface area contributed by atoms with Crippen LogP contribution in [0.25, 0.3) is 0 Å². The Hall–Kier alpha value is -3.45. The molecule has 1 unspecified atom stereocenters. The van der Waals surface area contributed by atoms with Crippen molar-refractivity contribution >= 4 is 17.3 Å². The molecule has 0 saturated carbocycles. The van der Waals surface area contributed by atoms with E-state index in [0.29, 0.717) is 11.4 Å². The molecule has 2 N–H and O–H groups in total. The van der Waals surface area contributed by atoms with Crippen molar-refractivity contribution in [1.29, 1.82) is 0 Å². The maximum Gasteiger partial charge on any atom is 0.416 e. The Morgan fingerprint density at radius 1 is 0.900 bits per heavy atom. The fourth-order valence-electron chi connectivity index (χ4n) is 3.38. The molecule has 0 aliphatic carbocycles. The number of anilines is 1. The highest BCUT2D eigenvalue weighted by Crippen LogP contribution is 2.32. The largest absolute Gasteiger partial charge is 0.416 e. The molecule has 1 atom stereocenters. The first-order valence-electron chi connectivity index (χ1n) is 9.35. The van der Waals surface area contributed by atoms with Crippen molar-refractivity contribution in [2.45, 2.75) is 18.9 Å². The third-order valence-electron chi connectivity index (χ3n) is 4.80. The molecule has 30 heavy (non-hydrogen) atoms. The highest BCUT2D eigenvalue weighted by atomic mass is 19.4. The van der Waals surface area contributed by atoms with Gasteiger partial charge in [0, 0.05) is 17.7 Å². The summed E-state index contributed by atoms with van der Waals surface area (Å²) in [7, 11) is 0. The first-order valence-corrected chi connectivity index (χ1v) is 9.35. The van der Waals surface area contributed by atoms with Crippen molar-refractivity contribution in [3.63, 3.8) is 0 Å². The van der Waals surface area contributed by atoms with Gasteiger partial charge in [0.05, 0.1) is 17.0 Å². The van der Waals surface area contributed by atoms with E-state index in [4.69, 9.17) is 0 Å².